The lowest BCUT2D eigenvalue weighted by molar-refractivity contribution is -0.134. The smallest absolute Gasteiger partial charge is 0.224 e. The maximum absolute atomic E-state index is 13.2. The van der Waals surface area contributed by atoms with Crippen LogP contribution < -0.4 is 0 Å². The van der Waals surface area contributed by atoms with Crippen molar-refractivity contribution >= 4 is 5.91 Å². The zero-order valence-corrected chi connectivity index (χ0v) is 16.0. The van der Waals surface area contributed by atoms with Crippen LogP contribution >= 0.6 is 0 Å². The van der Waals surface area contributed by atoms with Gasteiger partial charge in [0.05, 0.1) is 0 Å². The molecule has 0 unspecified atom stereocenters. The number of hydrogen-bond acceptors (Lipinski definition) is 5. The standard InChI is InChI=1S/C19H27FN6O/c1-15(2)18-13-24(9-3-10-25-14-21-22-23-25)11-8-19(27)26(18)12-16-4-6-17(20)7-5-16/h4-7,14-15,18H,3,8-13H2,1-2H3/t18-/m0/s1. The van der Waals surface area contributed by atoms with Gasteiger partial charge in [-0.15, -0.1) is 5.10 Å². The van der Waals surface area contributed by atoms with E-state index < -0.39 is 0 Å². The van der Waals surface area contributed by atoms with Crippen LogP contribution in [0.5, 0.6) is 0 Å². The first kappa shape index (κ1) is 19.4. The molecule has 3 rings (SSSR count). The molecule has 1 fully saturated rings. The van der Waals surface area contributed by atoms with Crippen molar-refractivity contribution in [2.75, 3.05) is 19.6 Å². The van der Waals surface area contributed by atoms with E-state index in [1.807, 2.05) is 4.90 Å². The Morgan fingerprint density at radius 2 is 2.00 bits per heavy atom. The van der Waals surface area contributed by atoms with Crippen LogP contribution in [0.15, 0.2) is 30.6 Å². The molecule has 7 nitrogen and oxygen atoms in total. The average Bonchev–Trinajstić information content (AvgIpc) is 3.11. The summed E-state index contributed by atoms with van der Waals surface area (Å²) in [6.07, 6.45) is 3.06. The molecule has 27 heavy (non-hydrogen) atoms. The fourth-order valence-electron chi connectivity index (χ4n) is 3.54. The molecule has 0 N–H and O–H groups in total. The summed E-state index contributed by atoms with van der Waals surface area (Å²) in [5.41, 5.74) is 0.961. The third-order valence-corrected chi connectivity index (χ3v) is 5.10. The molecule has 1 aliphatic heterocycles. The first-order valence-corrected chi connectivity index (χ1v) is 9.50. The topological polar surface area (TPSA) is 67.2 Å². The van der Waals surface area contributed by atoms with Gasteiger partial charge in [-0.25, -0.2) is 9.07 Å². The molecule has 1 atom stereocenters. The van der Waals surface area contributed by atoms with Gasteiger partial charge in [-0.2, -0.15) is 0 Å². The van der Waals surface area contributed by atoms with Crippen LogP contribution in [0.3, 0.4) is 0 Å². The highest BCUT2D eigenvalue weighted by Gasteiger charge is 2.31. The van der Waals surface area contributed by atoms with Crippen LogP contribution in [0.2, 0.25) is 0 Å². The minimum atomic E-state index is -0.255. The van der Waals surface area contributed by atoms with Gasteiger partial charge in [0.25, 0.3) is 0 Å². The van der Waals surface area contributed by atoms with E-state index in [0.717, 1.165) is 38.2 Å². The predicted molar refractivity (Wildman–Crippen MR) is 99.1 cm³/mol. The summed E-state index contributed by atoms with van der Waals surface area (Å²) in [5.74, 6) is 0.255. The summed E-state index contributed by atoms with van der Waals surface area (Å²) >= 11 is 0. The fourth-order valence-corrected chi connectivity index (χ4v) is 3.54. The Morgan fingerprint density at radius 3 is 2.67 bits per heavy atom. The minimum absolute atomic E-state index is 0.137. The number of benzene rings is 1. The zero-order valence-electron chi connectivity index (χ0n) is 16.0. The van der Waals surface area contributed by atoms with Crippen LogP contribution in [-0.4, -0.2) is 61.6 Å². The maximum Gasteiger partial charge on any atom is 0.224 e. The molecule has 1 saturated heterocycles. The van der Waals surface area contributed by atoms with E-state index in [1.165, 1.54) is 12.1 Å². The van der Waals surface area contributed by atoms with Crippen molar-refractivity contribution in [3.63, 3.8) is 0 Å². The van der Waals surface area contributed by atoms with Gasteiger partial charge < -0.3 is 9.80 Å². The minimum Gasteiger partial charge on any atom is -0.334 e. The van der Waals surface area contributed by atoms with Crippen molar-refractivity contribution in [2.45, 2.75) is 45.8 Å². The molecule has 1 aromatic heterocycles. The predicted octanol–water partition coefficient (Wildman–Crippen LogP) is 1.96. The van der Waals surface area contributed by atoms with Crippen molar-refractivity contribution in [3.05, 3.63) is 42.0 Å². The third-order valence-electron chi connectivity index (χ3n) is 5.10. The Hall–Kier alpha value is -2.35. The second-order valence-electron chi connectivity index (χ2n) is 7.44. The van der Waals surface area contributed by atoms with Crippen molar-refractivity contribution in [1.82, 2.24) is 30.0 Å². The van der Waals surface area contributed by atoms with E-state index in [-0.39, 0.29) is 17.8 Å². The number of amides is 1. The number of hydrogen-bond donors (Lipinski definition) is 0. The molecule has 2 heterocycles. The monoisotopic (exact) mass is 374 g/mol. The molecule has 8 heteroatoms. The van der Waals surface area contributed by atoms with E-state index in [0.29, 0.717) is 18.9 Å². The summed E-state index contributed by atoms with van der Waals surface area (Å²) in [6.45, 7) is 8.11. The van der Waals surface area contributed by atoms with Gasteiger partial charge in [0.15, 0.2) is 0 Å². The van der Waals surface area contributed by atoms with Crippen molar-refractivity contribution in [2.24, 2.45) is 5.92 Å². The Balaban J connectivity index is 1.63. The second kappa shape index (κ2) is 9.03. The Morgan fingerprint density at radius 1 is 1.22 bits per heavy atom. The van der Waals surface area contributed by atoms with Gasteiger partial charge in [-0.05, 0) is 47.0 Å². The summed E-state index contributed by atoms with van der Waals surface area (Å²) in [7, 11) is 0. The van der Waals surface area contributed by atoms with Gasteiger partial charge in [-0.1, -0.05) is 26.0 Å². The van der Waals surface area contributed by atoms with E-state index >= 15 is 0 Å². The number of nitrogens with zero attached hydrogens (tertiary/aromatic N) is 6. The summed E-state index contributed by atoms with van der Waals surface area (Å²) < 4.78 is 14.9. The van der Waals surface area contributed by atoms with Gasteiger partial charge >= 0.3 is 0 Å². The molecule has 1 aliphatic rings. The number of tetrazole rings is 1. The highest BCUT2D eigenvalue weighted by atomic mass is 19.1. The molecule has 0 spiro atoms. The number of rotatable bonds is 7. The lowest BCUT2D eigenvalue weighted by Gasteiger charge is -2.35. The Labute approximate surface area is 159 Å². The molecule has 2 aromatic rings. The Bertz CT molecular complexity index is 718. The normalized spacial score (nSPS) is 18.9. The van der Waals surface area contributed by atoms with Gasteiger partial charge in [-0.3, -0.25) is 4.79 Å². The highest BCUT2D eigenvalue weighted by molar-refractivity contribution is 5.77. The molecular weight excluding hydrogens is 347 g/mol. The number of aryl methyl sites for hydroxylation is 1. The first-order chi connectivity index (χ1) is 13.0. The van der Waals surface area contributed by atoms with E-state index in [9.17, 15) is 9.18 Å². The van der Waals surface area contributed by atoms with Gasteiger partial charge in [0, 0.05) is 38.6 Å². The lowest BCUT2D eigenvalue weighted by Crippen LogP contribution is -2.46. The first-order valence-electron chi connectivity index (χ1n) is 9.50. The van der Waals surface area contributed by atoms with Crippen LogP contribution in [0.25, 0.3) is 0 Å². The summed E-state index contributed by atoms with van der Waals surface area (Å²) in [6, 6.07) is 6.56. The molecule has 0 saturated carbocycles. The Kier molecular flexibility index (Phi) is 6.49. The zero-order chi connectivity index (χ0) is 19.2. The van der Waals surface area contributed by atoms with Gasteiger partial charge in [0.2, 0.25) is 5.91 Å². The SMILES string of the molecule is CC(C)[C@@H]1CN(CCCn2cnnn2)CCC(=O)N1Cc1ccc(F)cc1. The van der Waals surface area contributed by atoms with Crippen molar-refractivity contribution in [3.8, 4) is 0 Å². The van der Waals surface area contributed by atoms with E-state index in [2.05, 4.69) is 34.3 Å². The van der Waals surface area contributed by atoms with E-state index in [4.69, 9.17) is 0 Å². The molecule has 0 aliphatic carbocycles. The molecule has 1 aromatic carbocycles. The lowest BCUT2D eigenvalue weighted by atomic mass is 10.0. The number of carbonyl (C=O) groups excluding carboxylic acids is 1. The third kappa shape index (κ3) is 5.32. The highest BCUT2D eigenvalue weighted by Crippen LogP contribution is 2.21. The van der Waals surface area contributed by atoms with Crippen LogP contribution in [0.1, 0.15) is 32.3 Å². The number of carbonyl (C=O) groups is 1. The summed E-state index contributed by atoms with van der Waals surface area (Å²) in [5, 5.41) is 11.2. The van der Waals surface area contributed by atoms with Crippen molar-refractivity contribution < 1.29 is 9.18 Å². The number of aromatic nitrogens is 4. The molecular formula is C19H27FN6O. The van der Waals surface area contributed by atoms with Crippen molar-refractivity contribution in [1.29, 1.82) is 0 Å². The van der Waals surface area contributed by atoms with Crippen LogP contribution in [0.4, 0.5) is 4.39 Å². The second-order valence-corrected chi connectivity index (χ2v) is 7.44. The van der Waals surface area contributed by atoms with E-state index in [1.54, 1.807) is 23.1 Å². The summed E-state index contributed by atoms with van der Waals surface area (Å²) in [4.78, 5) is 17.1. The maximum atomic E-state index is 13.2. The van der Waals surface area contributed by atoms with Gasteiger partial charge in [0.1, 0.15) is 12.1 Å². The quantitative estimate of drug-likeness (QED) is 0.741. The van der Waals surface area contributed by atoms with Crippen LogP contribution in [0, 0.1) is 11.7 Å². The molecule has 146 valence electrons. The molecule has 0 radical (unpaired) electrons. The number of halogens is 1. The molecule has 1 amide bonds. The molecule has 0 bridgehead atoms. The fraction of sp³-hybridized carbons (Fsp3) is 0.579. The average molecular weight is 374 g/mol. The largest absolute Gasteiger partial charge is 0.334 e. The van der Waals surface area contributed by atoms with Crippen LogP contribution in [-0.2, 0) is 17.9 Å².